The third-order valence-electron chi connectivity index (χ3n) is 3.42. The number of amides is 1. The van der Waals surface area contributed by atoms with Crippen LogP contribution in [0.4, 0.5) is 10.5 Å². The van der Waals surface area contributed by atoms with Gasteiger partial charge in [0.05, 0.1) is 0 Å². The molecule has 4 heteroatoms. The van der Waals surface area contributed by atoms with Gasteiger partial charge in [-0.3, -0.25) is 4.90 Å². The first-order valence-corrected chi connectivity index (χ1v) is 7.64. The third kappa shape index (κ3) is 5.38. The van der Waals surface area contributed by atoms with Crippen LogP contribution >= 0.6 is 0 Å². The van der Waals surface area contributed by atoms with E-state index in [2.05, 4.69) is 17.4 Å². The third-order valence-corrected chi connectivity index (χ3v) is 3.42. The Morgan fingerprint density at radius 2 is 1.90 bits per heavy atom. The Bertz CT molecular complexity index is 473. The number of nitrogens with zero attached hydrogens (tertiary/aromatic N) is 1. The summed E-state index contributed by atoms with van der Waals surface area (Å²) in [5.74, 6) is 0. The van der Waals surface area contributed by atoms with Gasteiger partial charge in [0.15, 0.2) is 0 Å². The Labute approximate surface area is 127 Å². The van der Waals surface area contributed by atoms with Gasteiger partial charge in [-0.25, -0.2) is 4.79 Å². The minimum absolute atomic E-state index is 0.328. The summed E-state index contributed by atoms with van der Waals surface area (Å²) in [4.78, 5) is 13.5. The predicted octanol–water partition coefficient (Wildman–Crippen LogP) is 3.35. The van der Waals surface area contributed by atoms with E-state index in [4.69, 9.17) is 4.74 Å². The van der Waals surface area contributed by atoms with Gasteiger partial charge in [0, 0.05) is 18.8 Å². The molecule has 1 aliphatic rings. The molecule has 21 heavy (non-hydrogen) atoms. The molecule has 1 saturated carbocycles. The minimum Gasteiger partial charge on any atom is -0.443 e. The topological polar surface area (TPSA) is 41.6 Å². The number of benzene rings is 1. The first kappa shape index (κ1) is 15.8. The second-order valence-corrected chi connectivity index (χ2v) is 6.68. The van der Waals surface area contributed by atoms with Crippen LogP contribution in [-0.2, 0) is 11.2 Å². The van der Waals surface area contributed by atoms with Crippen molar-refractivity contribution in [1.29, 1.82) is 0 Å². The van der Waals surface area contributed by atoms with Crippen LogP contribution in [0.5, 0.6) is 0 Å². The molecule has 1 aromatic rings. The summed E-state index contributed by atoms with van der Waals surface area (Å²) < 4.78 is 5.36. The fourth-order valence-corrected chi connectivity index (χ4v) is 2.03. The number of ether oxygens (including phenoxy) is 1. The molecule has 2 rings (SSSR count). The van der Waals surface area contributed by atoms with Crippen LogP contribution in [0.1, 0.15) is 39.2 Å². The Balaban J connectivity index is 1.86. The number of nitrogens with one attached hydrogen (secondary N) is 1. The fraction of sp³-hybridized carbons (Fsp3) is 0.588. The number of hydrogen-bond donors (Lipinski definition) is 1. The van der Waals surface area contributed by atoms with Gasteiger partial charge in [-0.15, -0.1) is 0 Å². The van der Waals surface area contributed by atoms with E-state index in [1.54, 1.807) is 7.05 Å². The first-order valence-electron chi connectivity index (χ1n) is 7.64. The first-order chi connectivity index (χ1) is 9.85. The highest BCUT2D eigenvalue weighted by molar-refractivity contribution is 5.87. The van der Waals surface area contributed by atoms with Crippen molar-refractivity contribution in [3.8, 4) is 0 Å². The molecule has 1 fully saturated rings. The standard InChI is InChI=1S/C17H26N2O2/c1-17(2,3)21-16(20)19(4)15-9-5-13(6-10-15)11-12-18-14-7-8-14/h5-6,9-10,14,18H,7-8,11-12H2,1-4H3. The highest BCUT2D eigenvalue weighted by Gasteiger charge is 2.21. The van der Waals surface area contributed by atoms with Crippen molar-refractivity contribution in [2.45, 2.75) is 51.7 Å². The summed E-state index contributed by atoms with van der Waals surface area (Å²) in [7, 11) is 1.73. The van der Waals surface area contributed by atoms with Gasteiger partial charge in [0.1, 0.15) is 5.60 Å². The smallest absolute Gasteiger partial charge is 0.414 e. The van der Waals surface area contributed by atoms with E-state index < -0.39 is 5.60 Å². The van der Waals surface area contributed by atoms with E-state index in [-0.39, 0.29) is 6.09 Å². The highest BCUT2D eigenvalue weighted by Crippen LogP contribution is 2.19. The summed E-state index contributed by atoms with van der Waals surface area (Å²) >= 11 is 0. The molecule has 0 spiro atoms. The number of rotatable bonds is 5. The molecule has 0 aromatic heterocycles. The lowest BCUT2D eigenvalue weighted by Crippen LogP contribution is -2.34. The number of carbonyl (C=O) groups excluding carboxylic acids is 1. The highest BCUT2D eigenvalue weighted by atomic mass is 16.6. The summed E-state index contributed by atoms with van der Waals surface area (Å²) in [6.07, 6.45) is 3.33. The molecule has 1 aliphatic carbocycles. The van der Waals surface area contributed by atoms with Crippen LogP contribution in [0.3, 0.4) is 0 Å². The monoisotopic (exact) mass is 290 g/mol. The SMILES string of the molecule is CN(C(=O)OC(C)(C)C)c1ccc(CCNC2CC2)cc1. The van der Waals surface area contributed by atoms with Crippen LogP contribution < -0.4 is 10.2 Å². The van der Waals surface area contributed by atoms with Crippen LogP contribution in [-0.4, -0.2) is 31.3 Å². The van der Waals surface area contributed by atoms with E-state index in [9.17, 15) is 4.79 Å². The summed E-state index contributed by atoms with van der Waals surface area (Å²) in [6, 6.07) is 8.84. The molecule has 0 unspecified atom stereocenters. The van der Waals surface area contributed by atoms with Crippen LogP contribution in [0, 0.1) is 0 Å². The molecule has 0 atom stereocenters. The Morgan fingerprint density at radius 3 is 2.43 bits per heavy atom. The molecule has 1 amide bonds. The molecule has 1 aromatic carbocycles. The van der Waals surface area contributed by atoms with Crippen molar-refractivity contribution in [3.63, 3.8) is 0 Å². The van der Waals surface area contributed by atoms with Crippen molar-refractivity contribution in [1.82, 2.24) is 5.32 Å². The van der Waals surface area contributed by atoms with Gasteiger partial charge in [-0.05, 0) is 64.3 Å². The van der Waals surface area contributed by atoms with Gasteiger partial charge in [-0.1, -0.05) is 12.1 Å². The number of carbonyl (C=O) groups is 1. The van der Waals surface area contributed by atoms with Crippen molar-refractivity contribution < 1.29 is 9.53 Å². The van der Waals surface area contributed by atoms with E-state index in [0.717, 1.165) is 24.7 Å². The zero-order valence-electron chi connectivity index (χ0n) is 13.5. The Kier molecular flexibility index (Phi) is 4.88. The predicted molar refractivity (Wildman–Crippen MR) is 85.8 cm³/mol. The zero-order chi connectivity index (χ0) is 15.5. The number of anilines is 1. The maximum Gasteiger partial charge on any atom is 0.414 e. The molecule has 0 heterocycles. The van der Waals surface area contributed by atoms with E-state index in [0.29, 0.717) is 0 Å². The molecule has 1 N–H and O–H groups in total. The van der Waals surface area contributed by atoms with Crippen LogP contribution in [0.15, 0.2) is 24.3 Å². The second kappa shape index (κ2) is 6.48. The van der Waals surface area contributed by atoms with E-state index in [1.165, 1.54) is 23.3 Å². The average Bonchev–Trinajstić information content (AvgIpc) is 3.21. The fourth-order valence-electron chi connectivity index (χ4n) is 2.03. The minimum atomic E-state index is -0.472. The van der Waals surface area contributed by atoms with Gasteiger partial charge in [0.25, 0.3) is 0 Å². The summed E-state index contributed by atoms with van der Waals surface area (Å²) in [6.45, 7) is 6.63. The van der Waals surface area contributed by atoms with Crippen molar-refractivity contribution in [2.24, 2.45) is 0 Å². The molecular formula is C17H26N2O2. The van der Waals surface area contributed by atoms with Gasteiger partial charge >= 0.3 is 6.09 Å². The lowest BCUT2D eigenvalue weighted by molar-refractivity contribution is 0.0589. The molecular weight excluding hydrogens is 264 g/mol. The number of hydrogen-bond acceptors (Lipinski definition) is 3. The van der Waals surface area contributed by atoms with Gasteiger partial charge < -0.3 is 10.1 Å². The van der Waals surface area contributed by atoms with Crippen LogP contribution in [0.2, 0.25) is 0 Å². The van der Waals surface area contributed by atoms with Gasteiger partial charge in [-0.2, -0.15) is 0 Å². The lowest BCUT2D eigenvalue weighted by Gasteiger charge is -2.24. The largest absolute Gasteiger partial charge is 0.443 e. The average molecular weight is 290 g/mol. The van der Waals surface area contributed by atoms with Crippen LogP contribution in [0.25, 0.3) is 0 Å². The normalized spacial score (nSPS) is 14.9. The van der Waals surface area contributed by atoms with Crippen molar-refractivity contribution in [2.75, 3.05) is 18.5 Å². The maximum atomic E-state index is 12.0. The Hall–Kier alpha value is -1.55. The second-order valence-electron chi connectivity index (χ2n) is 6.68. The summed E-state index contributed by atoms with van der Waals surface area (Å²) in [5.41, 5.74) is 1.66. The zero-order valence-corrected chi connectivity index (χ0v) is 13.5. The molecule has 116 valence electrons. The molecule has 0 aliphatic heterocycles. The maximum absolute atomic E-state index is 12.0. The Morgan fingerprint density at radius 1 is 1.29 bits per heavy atom. The van der Waals surface area contributed by atoms with E-state index >= 15 is 0 Å². The summed E-state index contributed by atoms with van der Waals surface area (Å²) in [5, 5.41) is 3.50. The van der Waals surface area contributed by atoms with Gasteiger partial charge in [0.2, 0.25) is 0 Å². The van der Waals surface area contributed by atoms with Crippen molar-refractivity contribution >= 4 is 11.8 Å². The van der Waals surface area contributed by atoms with E-state index in [1.807, 2.05) is 32.9 Å². The molecule has 0 radical (unpaired) electrons. The molecule has 0 saturated heterocycles. The molecule has 0 bridgehead atoms. The lowest BCUT2D eigenvalue weighted by atomic mass is 10.1. The quantitative estimate of drug-likeness (QED) is 0.904. The molecule has 4 nitrogen and oxygen atoms in total. The van der Waals surface area contributed by atoms with Crippen molar-refractivity contribution in [3.05, 3.63) is 29.8 Å².